The third-order valence-corrected chi connectivity index (χ3v) is 4.99. The van der Waals surface area contributed by atoms with Gasteiger partial charge in [0.15, 0.2) is 5.69 Å². The Balaban J connectivity index is 1.64. The lowest BCUT2D eigenvalue weighted by molar-refractivity contribution is -0.191. The molecule has 2 aliphatic rings. The average Bonchev–Trinajstić information content (AvgIpc) is 3.06. The van der Waals surface area contributed by atoms with E-state index in [0.29, 0.717) is 38.0 Å². The van der Waals surface area contributed by atoms with Gasteiger partial charge < -0.3 is 24.6 Å². The first kappa shape index (κ1) is 16.9. The second-order valence-corrected chi connectivity index (χ2v) is 6.96. The molecule has 0 radical (unpaired) electrons. The van der Waals surface area contributed by atoms with E-state index >= 15 is 0 Å². The third-order valence-electron chi connectivity index (χ3n) is 4.99. The maximum Gasteiger partial charge on any atom is 0.276 e. The zero-order valence-corrected chi connectivity index (χ0v) is 13.9. The smallest absolute Gasteiger partial charge is 0.276 e. The molecule has 2 fully saturated rings. The van der Waals surface area contributed by atoms with Gasteiger partial charge in [-0.2, -0.15) is 0 Å². The van der Waals surface area contributed by atoms with Gasteiger partial charge in [-0.05, 0) is 26.2 Å². The molecule has 24 heavy (non-hydrogen) atoms. The van der Waals surface area contributed by atoms with Gasteiger partial charge in [0, 0.05) is 26.1 Å². The van der Waals surface area contributed by atoms with Crippen LogP contribution in [-0.2, 0) is 9.53 Å². The van der Waals surface area contributed by atoms with Gasteiger partial charge in [-0.1, -0.05) is 5.16 Å². The minimum atomic E-state index is -1.09. The molecule has 0 aliphatic carbocycles. The Morgan fingerprint density at radius 2 is 2.12 bits per heavy atom. The Bertz CT molecular complexity index is 605. The van der Waals surface area contributed by atoms with Crippen molar-refractivity contribution in [2.75, 3.05) is 19.7 Å². The Morgan fingerprint density at radius 3 is 2.71 bits per heavy atom. The number of hydrogen-bond donors (Lipinski definition) is 2. The second-order valence-electron chi connectivity index (χ2n) is 6.96. The number of piperidine rings is 1. The van der Waals surface area contributed by atoms with Crippen LogP contribution in [0.1, 0.15) is 43.6 Å². The van der Waals surface area contributed by atoms with Crippen LogP contribution in [-0.4, -0.2) is 63.9 Å². The maximum absolute atomic E-state index is 12.3. The summed E-state index contributed by atoms with van der Waals surface area (Å²) in [4.78, 5) is 25.5. The number of aromatic nitrogens is 1. The summed E-state index contributed by atoms with van der Waals surface area (Å²) in [6.07, 6.45) is 3.22. The van der Waals surface area contributed by atoms with Crippen molar-refractivity contribution in [2.24, 2.45) is 0 Å². The molecule has 2 amide bonds. The summed E-state index contributed by atoms with van der Waals surface area (Å²) < 4.78 is 10.7. The van der Waals surface area contributed by atoms with Crippen molar-refractivity contribution in [3.05, 3.63) is 18.0 Å². The molecule has 3 heterocycles. The number of carbonyl (C=O) groups excluding carboxylic acids is 2. The number of hydrogen-bond acceptors (Lipinski definition) is 6. The van der Waals surface area contributed by atoms with E-state index in [0.717, 1.165) is 0 Å². The van der Waals surface area contributed by atoms with Crippen molar-refractivity contribution in [3.8, 4) is 0 Å². The molecule has 0 bridgehead atoms. The van der Waals surface area contributed by atoms with Crippen molar-refractivity contribution in [1.82, 2.24) is 15.4 Å². The molecule has 1 aromatic heterocycles. The van der Waals surface area contributed by atoms with Gasteiger partial charge in [0.1, 0.15) is 11.9 Å². The summed E-state index contributed by atoms with van der Waals surface area (Å²) in [5.74, 6) is -0.323. The van der Waals surface area contributed by atoms with Crippen LogP contribution >= 0.6 is 0 Å². The lowest BCUT2D eigenvalue weighted by Gasteiger charge is -2.50. The minimum Gasteiger partial charge on any atom is -0.386 e. The van der Waals surface area contributed by atoms with Gasteiger partial charge in [0.2, 0.25) is 5.91 Å². The Hall–Kier alpha value is -1.93. The maximum atomic E-state index is 12.3. The van der Waals surface area contributed by atoms with Crippen molar-refractivity contribution >= 4 is 11.8 Å². The fraction of sp³-hybridized carbons (Fsp3) is 0.688. The molecule has 3 rings (SSSR count). The standard InChI is InChI=1S/C16H23N3O5/c1-11(20)17-13-9-16(23-10-15(13,2)22)4-6-19(7-5-16)14(21)12-3-8-24-18-12/h3,8,13,22H,4-7,9-10H2,1-2H3,(H,17,20)/t13-,15-/m0/s1. The number of carbonyl (C=O) groups is 2. The molecular formula is C16H23N3O5. The molecule has 2 atom stereocenters. The predicted molar refractivity (Wildman–Crippen MR) is 83.2 cm³/mol. The number of aliphatic hydroxyl groups is 1. The summed E-state index contributed by atoms with van der Waals surface area (Å²) in [6.45, 7) is 4.36. The zero-order valence-electron chi connectivity index (χ0n) is 13.9. The lowest BCUT2D eigenvalue weighted by atomic mass is 9.77. The Kier molecular flexibility index (Phi) is 4.35. The molecule has 0 aromatic carbocycles. The van der Waals surface area contributed by atoms with Gasteiger partial charge in [0.25, 0.3) is 5.91 Å². The highest BCUT2D eigenvalue weighted by atomic mass is 16.5. The van der Waals surface area contributed by atoms with Crippen LogP contribution in [0.15, 0.2) is 16.9 Å². The molecule has 1 aromatic rings. The number of rotatable bonds is 2. The number of nitrogens with one attached hydrogen (secondary N) is 1. The summed E-state index contributed by atoms with van der Waals surface area (Å²) in [5.41, 5.74) is -1.21. The normalized spacial score (nSPS) is 29.5. The van der Waals surface area contributed by atoms with Crippen molar-refractivity contribution in [1.29, 1.82) is 0 Å². The monoisotopic (exact) mass is 337 g/mol. The van der Waals surface area contributed by atoms with Crippen LogP contribution in [0.4, 0.5) is 0 Å². The number of nitrogens with zero attached hydrogens (tertiary/aromatic N) is 2. The molecule has 2 N–H and O–H groups in total. The molecule has 132 valence electrons. The highest BCUT2D eigenvalue weighted by Crippen LogP contribution is 2.38. The van der Waals surface area contributed by atoms with E-state index in [9.17, 15) is 14.7 Å². The van der Waals surface area contributed by atoms with Gasteiger partial charge in [-0.3, -0.25) is 9.59 Å². The topological polar surface area (TPSA) is 105 Å². The average molecular weight is 337 g/mol. The Labute approximate surface area is 140 Å². The van der Waals surface area contributed by atoms with Crippen LogP contribution in [0, 0.1) is 0 Å². The fourth-order valence-electron chi connectivity index (χ4n) is 3.45. The van der Waals surface area contributed by atoms with Crippen molar-refractivity contribution in [2.45, 2.75) is 50.4 Å². The highest BCUT2D eigenvalue weighted by molar-refractivity contribution is 5.92. The van der Waals surface area contributed by atoms with Crippen molar-refractivity contribution in [3.63, 3.8) is 0 Å². The zero-order chi connectivity index (χ0) is 17.4. The first-order valence-corrected chi connectivity index (χ1v) is 8.14. The first-order chi connectivity index (χ1) is 11.3. The third kappa shape index (κ3) is 3.29. The second kappa shape index (κ2) is 6.18. The Morgan fingerprint density at radius 1 is 1.42 bits per heavy atom. The summed E-state index contributed by atoms with van der Waals surface area (Å²) >= 11 is 0. The molecule has 0 saturated carbocycles. The summed E-state index contributed by atoms with van der Waals surface area (Å²) in [7, 11) is 0. The van der Waals surface area contributed by atoms with E-state index in [1.54, 1.807) is 17.9 Å². The largest absolute Gasteiger partial charge is 0.386 e. The van der Waals surface area contributed by atoms with Crippen LogP contribution in [0.5, 0.6) is 0 Å². The molecule has 8 heteroatoms. The number of ether oxygens (including phenoxy) is 1. The van der Waals surface area contributed by atoms with E-state index in [2.05, 4.69) is 10.5 Å². The van der Waals surface area contributed by atoms with Crippen LogP contribution < -0.4 is 5.32 Å². The lowest BCUT2D eigenvalue weighted by Crippen LogP contribution is -2.63. The van der Waals surface area contributed by atoms with Crippen LogP contribution in [0.25, 0.3) is 0 Å². The molecule has 8 nitrogen and oxygen atoms in total. The first-order valence-electron chi connectivity index (χ1n) is 8.14. The molecule has 2 aliphatic heterocycles. The van der Waals surface area contributed by atoms with Gasteiger partial charge in [-0.25, -0.2) is 0 Å². The van der Waals surface area contributed by atoms with Gasteiger partial charge >= 0.3 is 0 Å². The van der Waals surface area contributed by atoms with E-state index in [-0.39, 0.29) is 24.5 Å². The quantitative estimate of drug-likeness (QED) is 0.805. The summed E-state index contributed by atoms with van der Waals surface area (Å²) in [6, 6.07) is 1.19. The predicted octanol–water partition coefficient (Wildman–Crippen LogP) is 0.325. The molecular weight excluding hydrogens is 314 g/mol. The van der Waals surface area contributed by atoms with E-state index < -0.39 is 11.2 Å². The van der Waals surface area contributed by atoms with Crippen LogP contribution in [0.3, 0.4) is 0 Å². The van der Waals surface area contributed by atoms with Gasteiger partial charge in [0.05, 0.1) is 18.2 Å². The van der Waals surface area contributed by atoms with Gasteiger partial charge in [-0.15, -0.1) is 0 Å². The van der Waals surface area contributed by atoms with E-state index in [1.807, 2.05) is 0 Å². The van der Waals surface area contributed by atoms with Crippen LogP contribution in [0.2, 0.25) is 0 Å². The fourth-order valence-corrected chi connectivity index (χ4v) is 3.45. The minimum absolute atomic E-state index is 0.153. The van der Waals surface area contributed by atoms with Crippen molar-refractivity contribution < 1.29 is 24.0 Å². The summed E-state index contributed by atoms with van der Waals surface area (Å²) in [5, 5.41) is 16.9. The number of amides is 2. The SMILES string of the molecule is CC(=O)N[C@H]1CC2(CCN(C(=O)c3ccon3)CC2)OC[C@]1(C)O. The molecule has 1 spiro atoms. The van der Waals surface area contributed by atoms with E-state index in [4.69, 9.17) is 9.26 Å². The number of likely N-dealkylation sites (tertiary alicyclic amines) is 1. The highest BCUT2D eigenvalue weighted by Gasteiger charge is 2.49. The van der Waals surface area contributed by atoms with E-state index in [1.165, 1.54) is 13.2 Å². The molecule has 2 saturated heterocycles. The molecule has 0 unspecified atom stereocenters.